The molecule has 1 unspecified atom stereocenters. The van der Waals surface area contributed by atoms with Crippen LogP contribution in [0.1, 0.15) is 28.6 Å². The third-order valence-corrected chi connectivity index (χ3v) is 4.71. The van der Waals surface area contributed by atoms with E-state index in [1.165, 1.54) is 6.20 Å². The molecule has 138 valence electrons. The summed E-state index contributed by atoms with van der Waals surface area (Å²) >= 11 is 0. The van der Waals surface area contributed by atoms with Gasteiger partial charge in [0.2, 0.25) is 5.76 Å². The van der Waals surface area contributed by atoms with Crippen LogP contribution >= 0.6 is 0 Å². The smallest absolute Gasteiger partial charge is 0.290 e. The molecule has 1 atom stereocenters. The fourth-order valence-electron chi connectivity index (χ4n) is 3.25. The number of fused-ring (bicyclic) bond motifs is 1. The van der Waals surface area contributed by atoms with Gasteiger partial charge in [-0.2, -0.15) is 0 Å². The van der Waals surface area contributed by atoms with E-state index in [1.54, 1.807) is 6.07 Å². The summed E-state index contributed by atoms with van der Waals surface area (Å²) in [6, 6.07) is 15.9. The van der Waals surface area contributed by atoms with Crippen molar-refractivity contribution in [3.63, 3.8) is 0 Å². The normalized spacial score (nSPS) is 15.6. The average Bonchev–Trinajstić information content (AvgIpc) is 3.23. The number of benzene rings is 2. The van der Waals surface area contributed by atoms with Gasteiger partial charge in [-0.15, -0.1) is 0 Å². The number of ether oxygens (including phenoxy) is 1. The van der Waals surface area contributed by atoms with Crippen LogP contribution in [-0.4, -0.2) is 31.8 Å². The zero-order valence-electron chi connectivity index (χ0n) is 15.3. The Labute approximate surface area is 157 Å². The molecule has 1 aliphatic rings. The fourth-order valence-corrected chi connectivity index (χ4v) is 3.25. The third kappa shape index (κ3) is 3.51. The molecule has 1 N–H and O–H groups in total. The zero-order valence-corrected chi connectivity index (χ0v) is 15.3. The van der Waals surface area contributed by atoms with Crippen LogP contribution in [0.5, 0.6) is 5.75 Å². The van der Waals surface area contributed by atoms with Gasteiger partial charge in [-0.05, 0) is 35.4 Å². The molecular weight excluding hydrogens is 342 g/mol. The van der Waals surface area contributed by atoms with E-state index in [0.29, 0.717) is 13.0 Å². The van der Waals surface area contributed by atoms with Gasteiger partial charge in [0.25, 0.3) is 5.91 Å². The molecule has 1 amide bonds. The summed E-state index contributed by atoms with van der Waals surface area (Å²) in [5.41, 5.74) is 4.32. The fraction of sp³-hybridized carbons (Fsp3) is 0.238. The number of anilines is 1. The Hall–Kier alpha value is -3.28. The first-order chi connectivity index (χ1) is 13.1. The molecule has 0 fully saturated rings. The molecule has 0 saturated carbocycles. The minimum Gasteiger partial charge on any atom is -0.493 e. The highest BCUT2D eigenvalue weighted by molar-refractivity contribution is 5.91. The Kier molecular flexibility index (Phi) is 4.54. The number of nitrogens with zero attached hydrogens (tertiary/aromatic N) is 2. The van der Waals surface area contributed by atoms with Crippen molar-refractivity contribution in [3.8, 4) is 16.9 Å². The van der Waals surface area contributed by atoms with E-state index in [0.717, 1.165) is 28.1 Å². The number of hydrogen-bond donors (Lipinski definition) is 1. The molecule has 3 aromatic rings. The van der Waals surface area contributed by atoms with Crippen LogP contribution in [0.15, 0.2) is 59.3 Å². The van der Waals surface area contributed by atoms with Gasteiger partial charge < -0.3 is 19.5 Å². The number of amides is 1. The van der Waals surface area contributed by atoms with E-state index in [1.807, 2.05) is 32.3 Å². The van der Waals surface area contributed by atoms with E-state index in [-0.39, 0.29) is 17.7 Å². The first kappa shape index (κ1) is 17.1. The van der Waals surface area contributed by atoms with Crippen LogP contribution in [0, 0.1) is 0 Å². The van der Waals surface area contributed by atoms with Crippen LogP contribution in [0.2, 0.25) is 0 Å². The van der Waals surface area contributed by atoms with Gasteiger partial charge in [-0.1, -0.05) is 23.4 Å². The van der Waals surface area contributed by atoms with Gasteiger partial charge in [0.15, 0.2) is 0 Å². The molecule has 2 heterocycles. The van der Waals surface area contributed by atoms with Crippen molar-refractivity contribution >= 4 is 11.6 Å². The number of hydrogen-bond acceptors (Lipinski definition) is 5. The van der Waals surface area contributed by atoms with E-state index >= 15 is 0 Å². The molecule has 1 aliphatic heterocycles. The minimum absolute atomic E-state index is 0.136. The van der Waals surface area contributed by atoms with Crippen molar-refractivity contribution in [2.24, 2.45) is 0 Å². The zero-order chi connectivity index (χ0) is 18.8. The Bertz CT molecular complexity index is 951. The van der Waals surface area contributed by atoms with E-state index in [2.05, 4.69) is 39.6 Å². The summed E-state index contributed by atoms with van der Waals surface area (Å²) in [7, 11) is 4.05. The molecule has 0 saturated heterocycles. The monoisotopic (exact) mass is 363 g/mol. The molecule has 6 heteroatoms. The molecule has 2 aromatic carbocycles. The lowest BCUT2D eigenvalue weighted by Crippen LogP contribution is -2.32. The van der Waals surface area contributed by atoms with Gasteiger partial charge in [-0.25, -0.2) is 0 Å². The number of carbonyl (C=O) groups excluding carboxylic acids is 1. The molecule has 1 aromatic heterocycles. The number of carbonyl (C=O) groups is 1. The van der Waals surface area contributed by atoms with Crippen molar-refractivity contribution in [1.29, 1.82) is 0 Å². The van der Waals surface area contributed by atoms with Crippen molar-refractivity contribution in [1.82, 2.24) is 10.5 Å². The summed E-state index contributed by atoms with van der Waals surface area (Å²) in [6.45, 7) is 0.559. The van der Waals surface area contributed by atoms with Crippen molar-refractivity contribution in [2.75, 3.05) is 25.6 Å². The van der Waals surface area contributed by atoms with Crippen molar-refractivity contribution in [2.45, 2.75) is 12.5 Å². The summed E-state index contributed by atoms with van der Waals surface area (Å²) < 4.78 is 10.7. The average molecular weight is 363 g/mol. The van der Waals surface area contributed by atoms with E-state index in [9.17, 15) is 4.79 Å². The lowest BCUT2D eigenvalue weighted by atomic mass is 9.95. The van der Waals surface area contributed by atoms with Gasteiger partial charge in [0.05, 0.1) is 18.8 Å². The van der Waals surface area contributed by atoms with E-state index < -0.39 is 0 Å². The minimum atomic E-state index is -0.273. The summed E-state index contributed by atoms with van der Waals surface area (Å²) in [6.07, 6.45) is 2.16. The second-order valence-electron chi connectivity index (χ2n) is 6.74. The maximum Gasteiger partial charge on any atom is 0.290 e. The maximum atomic E-state index is 12.4. The molecule has 4 rings (SSSR count). The summed E-state index contributed by atoms with van der Waals surface area (Å²) in [5.74, 6) is 0.736. The lowest BCUT2D eigenvalue weighted by molar-refractivity contribution is 0.0887. The Balaban J connectivity index is 1.65. The topological polar surface area (TPSA) is 67.6 Å². The largest absolute Gasteiger partial charge is 0.493 e. The molecule has 0 bridgehead atoms. The van der Waals surface area contributed by atoms with E-state index in [4.69, 9.17) is 9.26 Å². The quantitative estimate of drug-likeness (QED) is 0.766. The predicted octanol–water partition coefficient (Wildman–Crippen LogP) is 3.66. The van der Waals surface area contributed by atoms with Crippen LogP contribution in [0.25, 0.3) is 11.1 Å². The molecule has 27 heavy (non-hydrogen) atoms. The summed E-state index contributed by atoms with van der Waals surface area (Å²) in [4.78, 5) is 14.4. The van der Waals surface area contributed by atoms with Crippen molar-refractivity contribution < 1.29 is 14.1 Å². The van der Waals surface area contributed by atoms with Crippen LogP contribution < -0.4 is 15.0 Å². The molecule has 0 radical (unpaired) electrons. The number of aromatic nitrogens is 1. The van der Waals surface area contributed by atoms with Crippen molar-refractivity contribution in [3.05, 3.63) is 66.1 Å². The second-order valence-corrected chi connectivity index (χ2v) is 6.74. The van der Waals surface area contributed by atoms with Crippen LogP contribution in [-0.2, 0) is 0 Å². The van der Waals surface area contributed by atoms with Crippen LogP contribution in [0.4, 0.5) is 5.69 Å². The molecule has 0 spiro atoms. The highest BCUT2D eigenvalue weighted by Crippen LogP contribution is 2.36. The lowest BCUT2D eigenvalue weighted by Gasteiger charge is -2.27. The SMILES string of the molecule is CN(C)c1cccc(-c2ccc3c(c2)C(NC(=O)c2ccno2)CCO3)c1. The van der Waals surface area contributed by atoms with Crippen LogP contribution in [0.3, 0.4) is 0 Å². The first-order valence-electron chi connectivity index (χ1n) is 8.88. The van der Waals surface area contributed by atoms with Gasteiger partial charge in [0, 0.05) is 37.8 Å². The van der Waals surface area contributed by atoms with Gasteiger partial charge >= 0.3 is 0 Å². The number of rotatable bonds is 4. The first-order valence-corrected chi connectivity index (χ1v) is 8.88. The second kappa shape index (κ2) is 7.15. The predicted molar refractivity (Wildman–Crippen MR) is 103 cm³/mol. The highest BCUT2D eigenvalue weighted by Gasteiger charge is 2.25. The van der Waals surface area contributed by atoms with Gasteiger partial charge in [-0.3, -0.25) is 4.79 Å². The van der Waals surface area contributed by atoms with Gasteiger partial charge in [0.1, 0.15) is 5.75 Å². The molecule has 0 aliphatic carbocycles. The Morgan fingerprint density at radius 3 is 2.78 bits per heavy atom. The molecule has 6 nitrogen and oxygen atoms in total. The Morgan fingerprint density at radius 2 is 2.00 bits per heavy atom. The molecular formula is C21H21N3O3. The third-order valence-electron chi connectivity index (χ3n) is 4.71. The highest BCUT2D eigenvalue weighted by atomic mass is 16.5. The maximum absolute atomic E-state index is 12.4. The standard InChI is InChI=1S/C21H21N3O3/c1-24(2)16-5-3-4-14(12-16)15-6-7-19-17(13-15)18(9-11-26-19)23-21(25)20-8-10-22-27-20/h3-8,10,12-13,18H,9,11H2,1-2H3,(H,23,25). The number of nitrogens with one attached hydrogen (secondary N) is 1. The Morgan fingerprint density at radius 1 is 1.15 bits per heavy atom. The summed E-state index contributed by atoms with van der Waals surface area (Å²) in [5, 5.41) is 6.62.